The summed E-state index contributed by atoms with van der Waals surface area (Å²) in [5.41, 5.74) is -0.109. The predicted octanol–water partition coefficient (Wildman–Crippen LogP) is 2.82. The van der Waals surface area contributed by atoms with E-state index < -0.39 is 17.7 Å². The number of nitrogens with one attached hydrogen (secondary N) is 1. The van der Waals surface area contributed by atoms with Gasteiger partial charge in [0.05, 0.1) is 13.3 Å². The number of piperidine rings is 1. The average Bonchev–Trinajstić information content (AvgIpc) is 2.53. The highest BCUT2D eigenvalue weighted by Gasteiger charge is 2.35. The van der Waals surface area contributed by atoms with E-state index in [1.165, 1.54) is 18.2 Å². The summed E-state index contributed by atoms with van der Waals surface area (Å²) in [6, 6.07) is 1.11. The summed E-state index contributed by atoms with van der Waals surface area (Å²) < 4.78 is 10.6. The Kier molecular flexibility index (Phi) is 5.64. The number of amides is 2. The Morgan fingerprint density at radius 2 is 2.08 bits per heavy atom. The summed E-state index contributed by atoms with van der Waals surface area (Å²) in [6.07, 6.45) is 5.01. The van der Waals surface area contributed by atoms with Crippen molar-refractivity contribution in [1.29, 1.82) is 0 Å². The van der Waals surface area contributed by atoms with Gasteiger partial charge in [0.15, 0.2) is 0 Å². The molecule has 7 nitrogen and oxygen atoms in total. The van der Waals surface area contributed by atoms with Crippen LogP contribution in [0.5, 0.6) is 5.75 Å². The molecule has 24 heavy (non-hydrogen) atoms. The zero-order chi connectivity index (χ0) is 17.7. The lowest BCUT2D eigenvalue weighted by Crippen LogP contribution is -2.51. The largest absolute Gasteiger partial charge is 0.494 e. The minimum Gasteiger partial charge on any atom is -0.494 e. The lowest BCUT2D eigenvalue weighted by molar-refractivity contribution is -0.122. The first-order valence-electron chi connectivity index (χ1n) is 8.10. The second kappa shape index (κ2) is 7.51. The molecule has 1 N–H and O–H groups in total. The topological polar surface area (TPSA) is 80.8 Å². The van der Waals surface area contributed by atoms with Crippen LogP contribution in [0.25, 0.3) is 0 Å². The average molecular weight is 335 g/mol. The Morgan fingerprint density at radius 1 is 1.33 bits per heavy atom. The highest BCUT2D eigenvalue weighted by Crippen LogP contribution is 2.25. The van der Waals surface area contributed by atoms with Gasteiger partial charge in [-0.05, 0) is 40.0 Å². The van der Waals surface area contributed by atoms with Crippen molar-refractivity contribution in [2.24, 2.45) is 0 Å². The number of nitrogens with zero attached hydrogens (tertiary/aromatic N) is 2. The van der Waals surface area contributed by atoms with E-state index in [4.69, 9.17) is 9.47 Å². The minimum atomic E-state index is -0.595. The van der Waals surface area contributed by atoms with Crippen LogP contribution < -0.4 is 10.1 Å². The van der Waals surface area contributed by atoms with Gasteiger partial charge in [-0.2, -0.15) is 0 Å². The van der Waals surface area contributed by atoms with Crippen molar-refractivity contribution in [3.63, 3.8) is 0 Å². The minimum absolute atomic E-state index is 0.258. The Balaban J connectivity index is 2.11. The van der Waals surface area contributed by atoms with Crippen LogP contribution in [0.4, 0.5) is 10.5 Å². The van der Waals surface area contributed by atoms with E-state index in [9.17, 15) is 9.59 Å². The second-order valence-electron chi connectivity index (χ2n) is 6.75. The fraction of sp³-hybridized carbons (Fsp3) is 0.588. The van der Waals surface area contributed by atoms with Crippen molar-refractivity contribution in [3.8, 4) is 5.75 Å². The van der Waals surface area contributed by atoms with Crippen LogP contribution >= 0.6 is 0 Å². The molecular formula is C17H25N3O4. The summed E-state index contributed by atoms with van der Waals surface area (Å²) >= 11 is 0. The van der Waals surface area contributed by atoms with E-state index in [2.05, 4.69) is 10.3 Å². The van der Waals surface area contributed by atoms with Crippen LogP contribution in [0.2, 0.25) is 0 Å². The van der Waals surface area contributed by atoms with Crippen LogP contribution in [0.1, 0.15) is 40.0 Å². The van der Waals surface area contributed by atoms with Gasteiger partial charge in [-0.15, -0.1) is 0 Å². The Labute approximate surface area is 142 Å². The molecular weight excluding hydrogens is 310 g/mol. The molecule has 1 atom stereocenters. The molecule has 0 spiro atoms. The standard InChI is InChI=1S/C17H25N3O4/c1-17(2,3)24-16(22)20-10-6-5-7-13(20)15(21)19-12-11-18-9-8-14(12)23-4/h8-9,11,13H,5-7,10H2,1-4H3,(H,19,21)/t13-/m1/s1. The van der Waals surface area contributed by atoms with Crippen molar-refractivity contribution in [1.82, 2.24) is 9.88 Å². The maximum atomic E-state index is 12.7. The highest BCUT2D eigenvalue weighted by atomic mass is 16.6. The second-order valence-corrected chi connectivity index (χ2v) is 6.75. The molecule has 1 fully saturated rings. The molecule has 0 aliphatic carbocycles. The molecule has 132 valence electrons. The van der Waals surface area contributed by atoms with Crippen LogP contribution in [-0.4, -0.2) is 47.2 Å². The molecule has 1 aromatic rings. The van der Waals surface area contributed by atoms with E-state index >= 15 is 0 Å². The van der Waals surface area contributed by atoms with Gasteiger partial charge in [-0.1, -0.05) is 0 Å². The highest BCUT2D eigenvalue weighted by molar-refractivity contribution is 5.97. The normalized spacial score (nSPS) is 18.0. The van der Waals surface area contributed by atoms with Gasteiger partial charge in [0.1, 0.15) is 23.1 Å². The van der Waals surface area contributed by atoms with Gasteiger partial charge in [-0.25, -0.2) is 4.79 Å². The summed E-state index contributed by atoms with van der Waals surface area (Å²) in [7, 11) is 1.53. The predicted molar refractivity (Wildman–Crippen MR) is 90.0 cm³/mol. The first-order chi connectivity index (χ1) is 11.3. The quantitative estimate of drug-likeness (QED) is 0.918. The van der Waals surface area contributed by atoms with Crippen LogP contribution in [-0.2, 0) is 9.53 Å². The summed E-state index contributed by atoms with van der Waals surface area (Å²) in [5, 5.41) is 2.80. The first kappa shape index (κ1) is 18.0. The molecule has 0 saturated carbocycles. The van der Waals surface area contributed by atoms with E-state index in [1.807, 2.05) is 20.8 Å². The van der Waals surface area contributed by atoms with Crippen molar-refractivity contribution in [3.05, 3.63) is 18.5 Å². The van der Waals surface area contributed by atoms with E-state index in [1.54, 1.807) is 12.3 Å². The van der Waals surface area contributed by atoms with Gasteiger partial charge >= 0.3 is 6.09 Å². The first-order valence-corrected chi connectivity index (χ1v) is 8.10. The molecule has 1 saturated heterocycles. The number of methoxy groups -OCH3 is 1. The summed E-state index contributed by atoms with van der Waals surface area (Å²) in [4.78, 5) is 30.6. The van der Waals surface area contributed by atoms with Gasteiger partial charge in [0.2, 0.25) is 5.91 Å². The van der Waals surface area contributed by atoms with Gasteiger partial charge < -0.3 is 14.8 Å². The number of likely N-dealkylation sites (tertiary alicyclic amines) is 1. The zero-order valence-corrected chi connectivity index (χ0v) is 14.7. The smallest absolute Gasteiger partial charge is 0.410 e. The van der Waals surface area contributed by atoms with Crippen LogP contribution in [0, 0.1) is 0 Å². The number of carbonyl (C=O) groups is 2. The van der Waals surface area contributed by atoms with Crippen LogP contribution in [0.3, 0.4) is 0 Å². The number of ether oxygens (including phenoxy) is 2. The third kappa shape index (κ3) is 4.59. The fourth-order valence-electron chi connectivity index (χ4n) is 2.61. The van der Waals surface area contributed by atoms with E-state index in [0.717, 1.165) is 12.8 Å². The third-order valence-electron chi connectivity index (χ3n) is 3.69. The monoisotopic (exact) mass is 335 g/mol. The van der Waals surface area contributed by atoms with E-state index in [0.29, 0.717) is 24.4 Å². The molecule has 1 aliphatic heterocycles. The number of hydrogen-bond acceptors (Lipinski definition) is 5. The molecule has 0 bridgehead atoms. The number of rotatable bonds is 3. The Bertz CT molecular complexity index is 598. The van der Waals surface area contributed by atoms with Gasteiger partial charge in [0, 0.05) is 18.8 Å². The number of carbonyl (C=O) groups excluding carboxylic acids is 2. The number of anilines is 1. The van der Waals surface area contributed by atoms with Crippen molar-refractivity contribution in [2.45, 2.75) is 51.7 Å². The summed E-state index contributed by atoms with van der Waals surface area (Å²) in [5.74, 6) is 0.268. The molecule has 7 heteroatoms. The Hall–Kier alpha value is -2.31. The summed E-state index contributed by atoms with van der Waals surface area (Å²) in [6.45, 7) is 5.94. The van der Waals surface area contributed by atoms with Crippen molar-refractivity contribution < 1.29 is 19.1 Å². The zero-order valence-electron chi connectivity index (χ0n) is 14.7. The Morgan fingerprint density at radius 3 is 2.75 bits per heavy atom. The van der Waals surface area contributed by atoms with Crippen molar-refractivity contribution >= 4 is 17.7 Å². The molecule has 0 unspecified atom stereocenters. The molecule has 0 aromatic carbocycles. The lowest BCUT2D eigenvalue weighted by Gasteiger charge is -2.35. The number of aromatic nitrogens is 1. The third-order valence-corrected chi connectivity index (χ3v) is 3.69. The maximum absolute atomic E-state index is 12.7. The maximum Gasteiger partial charge on any atom is 0.410 e. The molecule has 1 aromatic heterocycles. The van der Waals surface area contributed by atoms with Gasteiger partial charge in [-0.3, -0.25) is 14.7 Å². The molecule has 1 aliphatic rings. The SMILES string of the molecule is COc1ccncc1NC(=O)[C@H]1CCCCN1C(=O)OC(C)(C)C. The van der Waals surface area contributed by atoms with Gasteiger partial charge in [0.25, 0.3) is 0 Å². The number of pyridine rings is 1. The lowest BCUT2D eigenvalue weighted by atomic mass is 10.0. The molecule has 2 rings (SSSR count). The van der Waals surface area contributed by atoms with Crippen LogP contribution in [0.15, 0.2) is 18.5 Å². The number of hydrogen-bond donors (Lipinski definition) is 1. The van der Waals surface area contributed by atoms with E-state index in [-0.39, 0.29) is 5.91 Å². The molecule has 2 heterocycles. The molecule has 2 amide bonds. The fourth-order valence-corrected chi connectivity index (χ4v) is 2.61. The van der Waals surface area contributed by atoms with Crippen molar-refractivity contribution in [2.75, 3.05) is 19.0 Å². The molecule has 0 radical (unpaired) electrons.